The molecule has 0 aromatic heterocycles. The number of benzene rings is 2. The normalized spacial score (nSPS) is 10.5. The monoisotopic (exact) mass is 259 g/mol. The lowest BCUT2D eigenvalue weighted by Crippen LogP contribution is -2.04. The van der Waals surface area contributed by atoms with Gasteiger partial charge in [0, 0.05) is 0 Å². The molecule has 2 aromatic carbocycles. The number of nitrogens with two attached hydrogens (primary N) is 1. The van der Waals surface area contributed by atoms with Gasteiger partial charge in [-0.3, -0.25) is 0 Å². The van der Waals surface area contributed by atoms with Crippen LogP contribution in [0.2, 0.25) is 0 Å². The smallest absolute Gasteiger partial charge is 0.165 e. The minimum absolute atomic E-state index is 0.262. The summed E-state index contributed by atoms with van der Waals surface area (Å²) in [7, 11) is 1.46. The van der Waals surface area contributed by atoms with Crippen molar-refractivity contribution in [3.05, 3.63) is 53.3 Å². The SMILES string of the molecule is COc1ccc(-c2ccc(C)c(CCN)c2)cc1F. The van der Waals surface area contributed by atoms with E-state index in [1.54, 1.807) is 6.07 Å². The first-order chi connectivity index (χ1) is 9.15. The number of rotatable bonds is 4. The van der Waals surface area contributed by atoms with Crippen LogP contribution in [0.3, 0.4) is 0 Å². The molecule has 2 aromatic rings. The number of halogens is 1. The van der Waals surface area contributed by atoms with Gasteiger partial charge in [0.05, 0.1) is 7.11 Å². The highest BCUT2D eigenvalue weighted by molar-refractivity contribution is 5.66. The van der Waals surface area contributed by atoms with Gasteiger partial charge in [-0.1, -0.05) is 24.3 Å². The molecule has 0 aliphatic carbocycles. The number of ether oxygens (including phenoxy) is 1. The summed E-state index contributed by atoms with van der Waals surface area (Å²) in [4.78, 5) is 0. The van der Waals surface area contributed by atoms with Crippen LogP contribution in [0.1, 0.15) is 11.1 Å². The van der Waals surface area contributed by atoms with E-state index >= 15 is 0 Å². The lowest BCUT2D eigenvalue weighted by Gasteiger charge is -2.09. The summed E-state index contributed by atoms with van der Waals surface area (Å²) in [6, 6.07) is 11.1. The Morgan fingerprint density at radius 2 is 1.79 bits per heavy atom. The van der Waals surface area contributed by atoms with Gasteiger partial charge in [0.1, 0.15) is 0 Å². The van der Waals surface area contributed by atoms with Crippen molar-refractivity contribution in [1.29, 1.82) is 0 Å². The number of hydrogen-bond acceptors (Lipinski definition) is 2. The molecule has 0 aliphatic heterocycles. The Labute approximate surface area is 113 Å². The van der Waals surface area contributed by atoms with Crippen molar-refractivity contribution in [2.45, 2.75) is 13.3 Å². The summed E-state index contributed by atoms with van der Waals surface area (Å²) in [5.74, 6) is -0.0843. The average molecular weight is 259 g/mol. The van der Waals surface area contributed by atoms with Gasteiger partial charge in [0.2, 0.25) is 0 Å². The Balaban J connectivity index is 2.41. The van der Waals surface area contributed by atoms with E-state index in [-0.39, 0.29) is 11.6 Å². The maximum Gasteiger partial charge on any atom is 0.165 e. The molecule has 0 atom stereocenters. The van der Waals surface area contributed by atoms with Crippen molar-refractivity contribution in [3.63, 3.8) is 0 Å². The minimum Gasteiger partial charge on any atom is -0.494 e. The Morgan fingerprint density at radius 1 is 1.11 bits per heavy atom. The zero-order valence-corrected chi connectivity index (χ0v) is 11.2. The zero-order chi connectivity index (χ0) is 13.8. The lowest BCUT2D eigenvalue weighted by molar-refractivity contribution is 0.386. The Bertz CT molecular complexity index is 581. The molecule has 0 spiro atoms. The first-order valence-electron chi connectivity index (χ1n) is 6.29. The predicted octanol–water partition coefficient (Wildman–Crippen LogP) is 3.31. The minimum atomic E-state index is -0.346. The molecule has 3 heteroatoms. The van der Waals surface area contributed by atoms with Gasteiger partial charge in [-0.05, 0) is 54.3 Å². The molecule has 0 unspecified atom stereocenters. The number of methoxy groups -OCH3 is 1. The third-order valence-electron chi connectivity index (χ3n) is 3.25. The molecule has 0 amide bonds. The second-order valence-corrected chi connectivity index (χ2v) is 4.53. The quantitative estimate of drug-likeness (QED) is 0.914. The van der Waals surface area contributed by atoms with Crippen molar-refractivity contribution >= 4 is 0 Å². The van der Waals surface area contributed by atoms with E-state index in [9.17, 15) is 4.39 Å². The van der Waals surface area contributed by atoms with E-state index < -0.39 is 0 Å². The van der Waals surface area contributed by atoms with Crippen LogP contribution in [0, 0.1) is 12.7 Å². The number of aryl methyl sites for hydroxylation is 1. The van der Waals surface area contributed by atoms with Crippen LogP contribution >= 0.6 is 0 Å². The third kappa shape index (κ3) is 2.93. The van der Waals surface area contributed by atoms with Crippen molar-refractivity contribution in [1.82, 2.24) is 0 Å². The second-order valence-electron chi connectivity index (χ2n) is 4.53. The predicted molar refractivity (Wildman–Crippen MR) is 75.9 cm³/mol. The molecule has 0 bridgehead atoms. The molecule has 2 nitrogen and oxygen atoms in total. The highest BCUT2D eigenvalue weighted by atomic mass is 19.1. The maximum atomic E-state index is 13.7. The summed E-state index contributed by atoms with van der Waals surface area (Å²) in [5, 5.41) is 0. The van der Waals surface area contributed by atoms with Gasteiger partial charge in [-0.2, -0.15) is 0 Å². The summed E-state index contributed by atoms with van der Waals surface area (Å²) in [6.45, 7) is 2.67. The standard InChI is InChI=1S/C16H18FNO/c1-11-3-4-13(9-12(11)7-8-18)14-5-6-16(19-2)15(17)10-14/h3-6,9-10H,7-8,18H2,1-2H3. The van der Waals surface area contributed by atoms with E-state index in [0.29, 0.717) is 6.54 Å². The van der Waals surface area contributed by atoms with Crippen LogP contribution in [0.25, 0.3) is 11.1 Å². The van der Waals surface area contributed by atoms with Gasteiger partial charge in [0.25, 0.3) is 0 Å². The summed E-state index contributed by atoms with van der Waals surface area (Å²) in [5.41, 5.74) is 9.86. The average Bonchev–Trinajstić information content (AvgIpc) is 2.41. The molecule has 2 rings (SSSR count). The maximum absolute atomic E-state index is 13.7. The third-order valence-corrected chi connectivity index (χ3v) is 3.25. The van der Waals surface area contributed by atoms with Crippen molar-refractivity contribution in [2.75, 3.05) is 13.7 Å². The lowest BCUT2D eigenvalue weighted by atomic mass is 9.98. The molecule has 19 heavy (non-hydrogen) atoms. The van der Waals surface area contributed by atoms with Crippen LogP contribution in [0.15, 0.2) is 36.4 Å². The van der Waals surface area contributed by atoms with Crippen LogP contribution in [0.4, 0.5) is 4.39 Å². The Morgan fingerprint density at radius 3 is 2.42 bits per heavy atom. The molecular weight excluding hydrogens is 241 g/mol. The molecular formula is C16H18FNO. The fraction of sp³-hybridized carbons (Fsp3) is 0.250. The summed E-state index contributed by atoms with van der Waals surface area (Å²) in [6.07, 6.45) is 0.832. The van der Waals surface area contributed by atoms with E-state index in [0.717, 1.165) is 17.5 Å². The largest absolute Gasteiger partial charge is 0.494 e. The van der Waals surface area contributed by atoms with Crippen molar-refractivity contribution in [2.24, 2.45) is 5.73 Å². The number of hydrogen-bond donors (Lipinski definition) is 1. The molecule has 0 radical (unpaired) electrons. The van der Waals surface area contributed by atoms with Gasteiger partial charge in [-0.25, -0.2) is 4.39 Å². The molecule has 0 saturated carbocycles. The molecule has 0 saturated heterocycles. The van der Waals surface area contributed by atoms with Gasteiger partial charge in [0.15, 0.2) is 11.6 Å². The van der Waals surface area contributed by atoms with Crippen LogP contribution in [0.5, 0.6) is 5.75 Å². The molecule has 0 heterocycles. The van der Waals surface area contributed by atoms with Crippen LogP contribution in [-0.4, -0.2) is 13.7 Å². The first kappa shape index (κ1) is 13.6. The summed E-state index contributed by atoms with van der Waals surface area (Å²) >= 11 is 0. The van der Waals surface area contributed by atoms with Crippen molar-refractivity contribution < 1.29 is 9.13 Å². The van der Waals surface area contributed by atoms with E-state index in [2.05, 4.69) is 13.0 Å². The topological polar surface area (TPSA) is 35.2 Å². The fourth-order valence-electron chi connectivity index (χ4n) is 2.12. The van der Waals surface area contributed by atoms with E-state index in [1.807, 2.05) is 18.2 Å². The van der Waals surface area contributed by atoms with Gasteiger partial charge in [-0.15, -0.1) is 0 Å². The van der Waals surface area contributed by atoms with Gasteiger partial charge < -0.3 is 10.5 Å². The van der Waals surface area contributed by atoms with E-state index in [1.165, 1.54) is 24.3 Å². The zero-order valence-electron chi connectivity index (χ0n) is 11.2. The Hall–Kier alpha value is -1.87. The van der Waals surface area contributed by atoms with E-state index in [4.69, 9.17) is 10.5 Å². The molecule has 0 aliphatic rings. The highest BCUT2D eigenvalue weighted by Gasteiger charge is 2.07. The summed E-state index contributed by atoms with van der Waals surface area (Å²) < 4.78 is 18.6. The highest BCUT2D eigenvalue weighted by Crippen LogP contribution is 2.27. The molecule has 0 fully saturated rings. The van der Waals surface area contributed by atoms with Crippen LogP contribution in [-0.2, 0) is 6.42 Å². The second kappa shape index (κ2) is 5.85. The fourth-order valence-corrected chi connectivity index (χ4v) is 2.12. The van der Waals surface area contributed by atoms with Gasteiger partial charge >= 0.3 is 0 Å². The molecule has 2 N–H and O–H groups in total. The van der Waals surface area contributed by atoms with Crippen molar-refractivity contribution in [3.8, 4) is 16.9 Å². The Kier molecular flexibility index (Phi) is 4.17. The first-order valence-corrected chi connectivity index (χ1v) is 6.29. The molecule has 100 valence electrons. The van der Waals surface area contributed by atoms with Crippen LogP contribution < -0.4 is 10.5 Å².